The summed E-state index contributed by atoms with van der Waals surface area (Å²) in [6.45, 7) is 4.15. The number of hydrogen-bond acceptors (Lipinski definition) is 3. The van der Waals surface area contributed by atoms with Gasteiger partial charge in [-0.3, -0.25) is 0 Å². The zero-order valence-corrected chi connectivity index (χ0v) is 19.4. The van der Waals surface area contributed by atoms with Crippen LogP contribution < -0.4 is 15.9 Å². The molecule has 5 heteroatoms. The Labute approximate surface area is 189 Å². The predicted molar refractivity (Wildman–Crippen MR) is 135 cm³/mol. The fourth-order valence-corrected chi connectivity index (χ4v) is 9.13. The molecule has 0 unspecified atom stereocenters. The van der Waals surface area contributed by atoms with Crippen molar-refractivity contribution in [3.63, 3.8) is 0 Å². The summed E-state index contributed by atoms with van der Waals surface area (Å²) in [6, 6.07) is 32.7. The first-order chi connectivity index (χ1) is 15.7. The van der Waals surface area contributed by atoms with E-state index in [9.17, 15) is 0 Å². The van der Waals surface area contributed by atoms with E-state index in [1.807, 2.05) is 17.6 Å². The summed E-state index contributed by atoms with van der Waals surface area (Å²) >= 11 is 0. The van der Waals surface area contributed by atoms with Crippen molar-refractivity contribution in [2.45, 2.75) is 26.4 Å². The van der Waals surface area contributed by atoms with Crippen molar-refractivity contribution in [1.29, 1.82) is 0 Å². The van der Waals surface area contributed by atoms with Crippen molar-refractivity contribution in [3.05, 3.63) is 114 Å². The van der Waals surface area contributed by atoms with E-state index < -0.39 is 7.26 Å². The van der Waals surface area contributed by atoms with Gasteiger partial charge in [0, 0.05) is 0 Å². The third kappa shape index (κ3) is 3.51. The SMILES string of the molecule is CCc1ncc(C)n2nc(C[PH](c3ccccc3)(c3ccccc3)c3ccccc3)nc12. The Morgan fingerprint density at radius 2 is 1.25 bits per heavy atom. The van der Waals surface area contributed by atoms with Gasteiger partial charge in [0.15, 0.2) is 0 Å². The summed E-state index contributed by atoms with van der Waals surface area (Å²) in [5.74, 6) is 0.874. The fraction of sp³-hybridized carbons (Fsp3) is 0.148. The first kappa shape index (κ1) is 20.5. The van der Waals surface area contributed by atoms with Gasteiger partial charge in [-0.25, -0.2) is 0 Å². The Hall–Kier alpha value is -3.36. The molecule has 0 spiro atoms. The number of hydrogen-bond donors (Lipinski definition) is 0. The van der Waals surface area contributed by atoms with Crippen LogP contribution in [0.2, 0.25) is 0 Å². The van der Waals surface area contributed by atoms with Gasteiger partial charge >= 0.3 is 189 Å². The third-order valence-corrected chi connectivity index (χ3v) is 11.0. The van der Waals surface area contributed by atoms with Crippen molar-refractivity contribution in [2.24, 2.45) is 0 Å². The van der Waals surface area contributed by atoms with Crippen LogP contribution in [0.3, 0.4) is 0 Å². The van der Waals surface area contributed by atoms with E-state index in [-0.39, 0.29) is 0 Å². The van der Waals surface area contributed by atoms with Crippen LogP contribution in [0, 0.1) is 6.92 Å². The van der Waals surface area contributed by atoms with E-state index >= 15 is 0 Å². The molecule has 0 aliphatic rings. The van der Waals surface area contributed by atoms with Crippen molar-refractivity contribution in [2.75, 3.05) is 0 Å². The number of benzene rings is 3. The summed E-state index contributed by atoms with van der Waals surface area (Å²) in [7, 11) is -2.43. The molecular weight excluding hydrogens is 411 g/mol. The number of rotatable bonds is 6. The first-order valence-corrected chi connectivity index (χ1v) is 13.3. The number of nitrogens with zero attached hydrogens (tertiary/aromatic N) is 4. The van der Waals surface area contributed by atoms with Gasteiger partial charge < -0.3 is 0 Å². The van der Waals surface area contributed by atoms with E-state index in [2.05, 4.69) is 103 Å². The second kappa shape index (κ2) is 8.64. The Balaban J connectivity index is 1.77. The van der Waals surface area contributed by atoms with E-state index in [1.54, 1.807) is 0 Å². The first-order valence-electron chi connectivity index (χ1n) is 11.1. The van der Waals surface area contributed by atoms with Crippen LogP contribution in [0.4, 0.5) is 0 Å². The van der Waals surface area contributed by atoms with Crippen LogP contribution in [0.5, 0.6) is 0 Å². The maximum atomic E-state index is 5.03. The second-order valence-electron chi connectivity index (χ2n) is 8.14. The van der Waals surface area contributed by atoms with Crippen LogP contribution in [0.25, 0.3) is 5.65 Å². The Morgan fingerprint density at radius 3 is 1.72 bits per heavy atom. The van der Waals surface area contributed by atoms with Crippen LogP contribution >= 0.6 is 7.26 Å². The molecule has 0 saturated heterocycles. The summed E-state index contributed by atoms with van der Waals surface area (Å²) in [5, 5.41) is 9.07. The van der Waals surface area contributed by atoms with E-state index in [1.165, 1.54) is 15.9 Å². The van der Waals surface area contributed by atoms with Gasteiger partial charge in [0.2, 0.25) is 0 Å². The molecule has 0 N–H and O–H groups in total. The van der Waals surface area contributed by atoms with Crippen LogP contribution in [0.15, 0.2) is 97.2 Å². The summed E-state index contributed by atoms with van der Waals surface area (Å²) in [4.78, 5) is 9.63. The molecule has 0 radical (unpaired) electrons. The van der Waals surface area contributed by atoms with Crippen molar-refractivity contribution < 1.29 is 0 Å². The van der Waals surface area contributed by atoms with Crippen LogP contribution in [-0.2, 0) is 12.6 Å². The van der Waals surface area contributed by atoms with Crippen molar-refractivity contribution in [3.8, 4) is 0 Å². The third-order valence-electron chi connectivity index (χ3n) is 6.21. The average molecular weight is 439 g/mol. The van der Waals surface area contributed by atoms with Gasteiger partial charge in [-0.05, 0) is 0 Å². The Bertz CT molecular complexity index is 1240. The molecule has 5 rings (SSSR count). The molecule has 0 atom stereocenters. The molecule has 2 aromatic heterocycles. The normalized spacial score (nSPS) is 12.2. The predicted octanol–water partition coefficient (Wildman–Crippen LogP) is 4.22. The van der Waals surface area contributed by atoms with Crippen LogP contribution in [-0.4, -0.2) is 19.6 Å². The molecule has 0 bridgehead atoms. The zero-order chi connectivity index (χ0) is 22.0. The molecule has 0 aliphatic carbocycles. The Kier molecular flexibility index (Phi) is 5.55. The monoisotopic (exact) mass is 438 g/mol. The van der Waals surface area contributed by atoms with Gasteiger partial charge in [0.25, 0.3) is 0 Å². The van der Waals surface area contributed by atoms with Crippen molar-refractivity contribution >= 4 is 28.8 Å². The van der Waals surface area contributed by atoms with Gasteiger partial charge in [-0.1, -0.05) is 0 Å². The zero-order valence-electron chi connectivity index (χ0n) is 18.4. The molecule has 0 fully saturated rings. The van der Waals surface area contributed by atoms with E-state index in [0.717, 1.165) is 35.4 Å². The molecule has 4 nitrogen and oxygen atoms in total. The minimum atomic E-state index is -2.43. The second-order valence-corrected chi connectivity index (χ2v) is 12.0. The maximum absolute atomic E-state index is 5.03. The van der Waals surface area contributed by atoms with Crippen molar-refractivity contribution in [1.82, 2.24) is 19.6 Å². The van der Waals surface area contributed by atoms with Crippen LogP contribution in [0.1, 0.15) is 24.1 Å². The quantitative estimate of drug-likeness (QED) is 0.373. The number of aryl methyl sites for hydroxylation is 2. The minimum absolute atomic E-state index is 0.787. The van der Waals surface area contributed by atoms with Gasteiger partial charge in [0.1, 0.15) is 0 Å². The number of fused-ring (bicyclic) bond motifs is 1. The molecule has 32 heavy (non-hydrogen) atoms. The van der Waals surface area contributed by atoms with Gasteiger partial charge in [-0.2, -0.15) is 0 Å². The summed E-state index contributed by atoms with van der Waals surface area (Å²) in [5.41, 5.74) is 2.86. The molecule has 2 heterocycles. The molecule has 3 aromatic carbocycles. The average Bonchev–Trinajstić information content (AvgIpc) is 3.29. The summed E-state index contributed by atoms with van der Waals surface area (Å²) in [6.07, 6.45) is 3.51. The molecule has 5 aromatic rings. The number of aromatic nitrogens is 4. The van der Waals surface area contributed by atoms with E-state index in [0.29, 0.717) is 0 Å². The van der Waals surface area contributed by atoms with E-state index in [4.69, 9.17) is 10.1 Å². The molecule has 160 valence electrons. The molecule has 0 aliphatic heterocycles. The molecular formula is C27H27N4P. The summed E-state index contributed by atoms with van der Waals surface area (Å²) < 4.78 is 1.96. The molecule has 0 saturated carbocycles. The van der Waals surface area contributed by atoms with Gasteiger partial charge in [-0.15, -0.1) is 0 Å². The molecule has 0 amide bonds. The fourth-order valence-electron chi connectivity index (χ4n) is 4.61. The van der Waals surface area contributed by atoms with Gasteiger partial charge in [0.05, 0.1) is 0 Å². The topological polar surface area (TPSA) is 43.1 Å². The standard InChI is InChI=1S/C27H27N4P/c1-3-25-27-29-26(30-31(27)21(2)19-28-25)20-32(22-13-7-4-8-14-22,23-15-9-5-10-16-23)24-17-11-6-12-18-24/h4-19,32H,3,20H2,1-2H3. The Morgan fingerprint density at radius 1 is 0.750 bits per heavy atom.